The number of sulfonamides is 1. The lowest BCUT2D eigenvalue weighted by molar-refractivity contribution is -0.140. The third-order valence-corrected chi connectivity index (χ3v) is 6.63. The summed E-state index contributed by atoms with van der Waals surface area (Å²) in [7, 11) is -3.17. The van der Waals surface area contributed by atoms with Crippen molar-refractivity contribution in [3.8, 4) is 5.75 Å². The average Bonchev–Trinajstić information content (AvgIpc) is 3.12. The molecule has 37 heavy (non-hydrogen) atoms. The summed E-state index contributed by atoms with van der Waals surface area (Å²) in [6.45, 7) is 2.53. The average molecular weight is 527 g/mol. The Morgan fingerprint density at radius 1 is 1.08 bits per heavy atom. The van der Waals surface area contributed by atoms with Gasteiger partial charge in [0.25, 0.3) is 0 Å². The van der Waals surface area contributed by atoms with Gasteiger partial charge < -0.3 is 9.84 Å². The summed E-state index contributed by atoms with van der Waals surface area (Å²) in [5.41, 5.74) is 3.86. The molecule has 0 aliphatic heterocycles. The molecule has 0 bridgehead atoms. The Morgan fingerprint density at radius 2 is 1.76 bits per heavy atom. The molecule has 1 heterocycles. The minimum Gasteiger partial charge on any atom is -0.487 e. The van der Waals surface area contributed by atoms with Crippen LogP contribution in [0.2, 0.25) is 0 Å². The maximum Gasteiger partial charge on any atom is 0.311 e. The molecule has 4 rings (SSSR count). The molecule has 3 aromatic rings. The lowest BCUT2D eigenvalue weighted by atomic mass is 9.80. The predicted octanol–water partition coefficient (Wildman–Crippen LogP) is 5.81. The molecular formula is C29H38N2O5S. The van der Waals surface area contributed by atoms with Crippen molar-refractivity contribution < 1.29 is 23.1 Å². The quantitative estimate of drug-likeness (QED) is 0.358. The van der Waals surface area contributed by atoms with Crippen molar-refractivity contribution >= 4 is 26.9 Å². The van der Waals surface area contributed by atoms with E-state index in [0.717, 1.165) is 78.3 Å². The molecule has 8 heteroatoms. The Bertz CT molecular complexity index is 1280. The molecule has 7 nitrogen and oxygen atoms in total. The Morgan fingerprint density at radius 3 is 2.41 bits per heavy atom. The van der Waals surface area contributed by atoms with Crippen molar-refractivity contribution in [2.75, 3.05) is 6.26 Å². The number of hydrogen-bond acceptors (Lipinski definition) is 5. The van der Waals surface area contributed by atoms with Crippen LogP contribution in [0, 0.1) is 5.92 Å². The molecule has 1 unspecified atom stereocenters. The number of aromatic nitrogens is 1. The molecule has 200 valence electrons. The number of para-hydroxylation sites is 1. The topological polar surface area (TPSA) is 120 Å². The van der Waals surface area contributed by atoms with Gasteiger partial charge in [-0.2, -0.15) is 0 Å². The van der Waals surface area contributed by atoms with Gasteiger partial charge >= 0.3 is 5.97 Å². The lowest BCUT2D eigenvalue weighted by Gasteiger charge is -2.24. The van der Waals surface area contributed by atoms with Gasteiger partial charge in [0, 0.05) is 5.39 Å². The van der Waals surface area contributed by atoms with Gasteiger partial charge in [0.2, 0.25) is 10.0 Å². The van der Waals surface area contributed by atoms with E-state index < -0.39 is 21.9 Å². The van der Waals surface area contributed by atoms with Crippen LogP contribution in [0.1, 0.15) is 74.6 Å². The molecule has 1 aromatic heterocycles. The lowest BCUT2D eigenvalue weighted by Crippen LogP contribution is -2.21. The van der Waals surface area contributed by atoms with E-state index in [9.17, 15) is 18.3 Å². The van der Waals surface area contributed by atoms with Crippen molar-refractivity contribution in [2.45, 2.75) is 70.8 Å². The largest absolute Gasteiger partial charge is 0.487 e. The maximum absolute atomic E-state index is 12.2. The normalized spacial score (nSPS) is 15.3. The van der Waals surface area contributed by atoms with Crippen LogP contribution in [0.15, 0.2) is 54.6 Å². The number of benzene rings is 2. The highest BCUT2D eigenvalue weighted by atomic mass is 32.2. The van der Waals surface area contributed by atoms with Gasteiger partial charge in [-0.3, -0.25) is 4.79 Å². The molecule has 1 fully saturated rings. The van der Waals surface area contributed by atoms with Crippen LogP contribution in [0.3, 0.4) is 0 Å². The first-order chi connectivity index (χ1) is 17.7. The van der Waals surface area contributed by atoms with E-state index in [1.165, 1.54) is 12.8 Å². The number of aryl methyl sites for hydroxylation is 1. The Balaban J connectivity index is 0.000000695. The van der Waals surface area contributed by atoms with Crippen LogP contribution in [-0.4, -0.2) is 30.7 Å². The first-order valence-electron chi connectivity index (χ1n) is 13.0. The zero-order valence-corrected chi connectivity index (χ0v) is 22.5. The minimum absolute atomic E-state index is 0.220. The van der Waals surface area contributed by atoms with Crippen LogP contribution in [0.25, 0.3) is 10.9 Å². The Labute approximate surface area is 220 Å². The molecule has 0 amide bonds. The second kappa shape index (κ2) is 13.5. The molecule has 3 N–H and O–H groups in total. The van der Waals surface area contributed by atoms with Crippen molar-refractivity contribution in [1.82, 2.24) is 4.98 Å². The van der Waals surface area contributed by atoms with Crippen molar-refractivity contribution in [3.63, 3.8) is 0 Å². The van der Waals surface area contributed by atoms with Crippen LogP contribution in [0.4, 0.5) is 0 Å². The molecule has 1 aliphatic carbocycles. The number of rotatable bonds is 8. The summed E-state index contributed by atoms with van der Waals surface area (Å²) in [5.74, 6) is -0.0816. The van der Waals surface area contributed by atoms with Crippen molar-refractivity contribution in [1.29, 1.82) is 0 Å². The molecule has 1 aliphatic rings. The van der Waals surface area contributed by atoms with Crippen LogP contribution >= 0.6 is 0 Å². The maximum atomic E-state index is 12.2. The number of primary sulfonamides is 1. The zero-order valence-electron chi connectivity index (χ0n) is 21.7. The molecule has 1 saturated carbocycles. The molecule has 1 atom stereocenters. The summed E-state index contributed by atoms with van der Waals surface area (Å²) in [5, 5.41) is 15.5. The van der Waals surface area contributed by atoms with E-state index in [1.54, 1.807) is 0 Å². The summed E-state index contributed by atoms with van der Waals surface area (Å²) in [6.07, 6.45) is 9.51. The highest BCUT2D eigenvalue weighted by molar-refractivity contribution is 7.88. The number of pyridine rings is 1. The van der Waals surface area contributed by atoms with E-state index in [4.69, 9.17) is 9.72 Å². The highest BCUT2D eigenvalue weighted by Gasteiger charge is 2.30. The van der Waals surface area contributed by atoms with E-state index in [2.05, 4.69) is 30.3 Å². The highest BCUT2D eigenvalue weighted by Crippen LogP contribution is 2.37. The van der Waals surface area contributed by atoms with Gasteiger partial charge in [0.1, 0.15) is 12.4 Å². The van der Waals surface area contributed by atoms with Crippen LogP contribution in [-0.2, 0) is 27.8 Å². The number of fused-ring (bicyclic) bond motifs is 1. The van der Waals surface area contributed by atoms with Gasteiger partial charge in [-0.05, 0) is 54.5 Å². The van der Waals surface area contributed by atoms with E-state index >= 15 is 0 Å². The number of nitrogens with two attached hydrogens (primary N) is 1. The summed E-state index contributed by atoms with van der Waals surface area (Å²) < 4.78 is 25.0. The van der Waals surface area contributed by atoms with Crippen molar-refractivity contribution in [3.05, 3.63) is 71.4 Å². The number of carbonyl (C=O) groups is 1. The third-order valence-electron chi connectivity index (χ3n) is 6.63. The van der Waals surface area contributed by atoms with E-state index in [1.807, 2.05) is 36.4 Å². The molecule has 0 spiro atoms. The van der Waals surface area contributed by atoms with Crippen LogP contribution in [0.5, 0.6) is 5.75 Å². The predicted molar refractivity (Wildman–Crippen MR) is 147 cm³/mol. The van der Waals surface area contributed by atoms with E-state index in [0.29, 0.717) is 6.61 Å². The number of hydrogen-bond donors (Lipinski definition) is 2. The van der Waals surface area contributed by atoms with Gasteiger partial charge in [0.15, 0.2) is 0 Å². The molecule has 2 aromatic carbocycles. The first kappa shape index (κ1) is 28.6. The Hall–Kier alpha value is -2.97. The molecule has 0 radical (unpaired) electrons. The number of carboxylic acids is 1. The molecular weight excluding hydrogens is 488 g/mol. The smallest absolute Gasteiger partial charge is 0.311 e. The van der Waals surface area contributed by atoms with E-state index in [-0.39, 0.29) is 5.92 Å². The van der Waals surface area contributed by atoms with Gasteiger partial charge in [0.05, 0.1) is 23.4 Å². The summed E-state index contributed by atoms with van der Waals surface area (Å²) >= 11 is 0. The number of ether oxygens (including phenoxy) is 1. The molecule has 0 saturated heterocycles. The van der Waals surface area contributed by atoms with Crippen molar-refractivity contribution in [2.24, 2.45) is 11.1 Å². The number of aliphatic carboxylic acids is 1. The summed E-state index contributed by atoms with van der Waals surface area (Å²) in [6, 6.07) is 18.2. The standard InChI is InChI=1S/C28H33NO3.CH5NO2S/c1-2-9-22-18-23(27(28(30)31)21-11-5-3-4-6-12-21)15-17-26(22)32-19-24-16-14-20-10-7-8-13-25(20)29-24;1-5(2,3)4/h7-8,10,13-18,21,27H,2-6,9,11-12,19H2,1H3,(H,30,31);1H3,(H2,2,3,4). The Kier molecular flexibility index (Phi) is 10.5. The van der Waals surface area contributed by atoms with Gasteiger partial charge in [-0.1, -0.05) is 75.4 Å². The first-order valence-corrected chi connectivity index (χ1v) is 14.9. The SMILES string of the molecule is CCCc1cc(C(C(=O)O)C2CCCCCC2)ccc1OCc1ccc2ccccc2n1.CS(N)(=O)=O. The fraction of sp³-hybridized carbons (Fsp3) is 0.448. The van der Waals surface area contributed by atoms with Gasteiger partial charge in [-0.15, -0.1) is 0 Å². The zero-order chi connectivity index (χ0) is 26.8. The number of nitrogens with zero attached hydrogens (tertiary/aromatic N) is 1. The fourth-order valence-corrected chi connectivity index (χ4v) is 5.00. The monoisotopic (exact) mass is 526 g/mol. The number of carboxylic acid groups (broad SMARTS) is 1. The third kappa shape index (κ3) is 9.13. The fourth-order valence-electron chi connectivity index (χ4n) is 5.00. The second-order valence-corrected chi connectivity index (χ2v) is 11.5. The van der Waals surface area contributed by atoms with Crippen LogP contribution < -0.4 is 9.88 Å². The minimum atomic E-state index is -3.17. The second-order valence-electron chi connectivity index (χ2n) is 9.80. The summed E-state index contributed by atoms with van der Waals surface area (Å²) in [4.78, 5) is 16.9. The van der Waals surface area contributed by atoms with Gasteiger partial charge in [-0.25, -0.2) is 18.5 Å².